The van der Waals surface area contributed by atoms with Crippen LogP contribution in [0.3, 0.4) is 0 Å². The van der Waals surface area contributed by atoms with E-state index < -0.39 is 6.61 Å². The van der Waals surface area contributed by atoms with Gasteiger partial charge in [0.1, 0.15) is 5.75 Å². The summed E-state index contributed by atoms with van der Waals surface area (Å²) >= 11 is 3.28. The van der Waals surface area contributed by atoms with Crippen LogP contribution in [0.1, 0.15) is 16.8 Å². The minimum Gasteiger partial charge on any atom is -0.435 e. The van der Waals surface area contributed by atoms with Crippen molar-refractivity contribution >= 4 is 33.4 Å². The normalized spacial score (nSPS) is 10.4. The molecular weight excluding hydrogens is 398 g/mol. The topological polar surface area (TPSA) is 67.4 Å². The van der Waals surface area contributed by atoms with E-state index in [2.05, 4.69) is 31.3 Å². The van der Waals surface area contributed by atoms with E-state index in [9.17, 15) is 18.4 Å². The van der Waals surface area contributed by atoms with Crippen molar-refractivity contribution in [2.75, 3.05) is 11.9 Å². The molecule has 2 amide bonds. The van der Waals surface area contributed by atoms with Crippen molar-refractivity contribution in [3.05, 3.63) is 58.6 Å². The van der Waals surface area contributed by atoms with Gasteiger partial charge in [-0.25, -0.2) is 0 Å². The Kier molecular flexibility index (Phi) is 6.88. The first-order chi connectivity index (χ1) is 11.9. The third kappa shape index (κ3) is 6.50. The maximum atomic E-state index is 12.0. The van der Waals surface area contributed by atoms with Crippen molar-refractivity contribution in [1.82, 2.24) is 5.32 Å². The second-order valence-electron chi connectivity index (χ2n) is 4.96. The summed E-state index contributed by atoms with van der Waals surface area (Å²) in [5.74, 6) is -0.567. The molecule has 0 bridgehead atoms. The number of anilines is 1. The maximum absolute atomic E-state index is 12.0. The van der Waals surface area contributed by atoms with Gasteiger partial charge in [0.05, 0.1) is 0 Å². The molecule has 0 spiro atoms. The highest BCUT2D eigenvalue weighted by molar-refractivity contribution is 9.10. The molecule has 25 heavy (non-hydrogen) atoms. The number of carbonyl (C=O) groups is 2. The number of rotatable bonds is 7. The third-order valence-electron chi connectivity index (χ3n) is 3.11. The zero-order valence-corrected chi connectivity index (χ0v) is 14.6. The SMILES string of the molecule is O=C(CCNC(=O)c1ccc(Br)cc1)Nc1ccc(OC(F)F)cc1. The van der Waals surface area contributed by atoms with E-state index in [0.29, 0.717) is 11.3 Å². The Bertz CT molecular complexity index is 722. The molecule has 0 aliphatic carbocycles. The van der Waals surface area contributed by atoms with Gasteiger partial charge in [-0.3, -0.25) is 9.59 Å². The van der Waals surface area contributed by atoms with Crippen LogP contribution in [-0.4, -0.2) is 25.0 Å². The second-order valence-corrected chi connectivity index (χ2v) is 5.88. The summed E-state index contributed by atoms with van der Waals surface area (Å²) in [6.07, 6.45) is 0.0809. The molecule has 0 fully saturated rings. The highest BCUT2D eigenvalue weighted by Crippen LogP contribution is 2.17. The number of benzene rings is 2. The van der Waals surface area contributed by atoms with Gasteiger partial charge in [-0.2, -0.15) is 8.78 Å². The number of hydrogen-bond acceptors (Lipinski definition) is 3. The van der Waals surface area contributed by atoms with E-state index in [4.69, 9.17) is 0 Å². The molecule has 2 aromatic carbocycles. The molecule has 2 rings (SSSR count). The van der Waals surface area contributed by atoms with Gasteiger partial charge < -0.3 is 15.4 Å². The minimum atomic E-state index is -2.89. The lowest BCUT2D eigenvalue weighted by Gasteiger charge is -2.08. The first kappa shape index (κ1) is 18.9. The predicted octanol–water partition coefficient (Wildman–Crippen LogP) is 3.81. The van der Waals surface area contributed by atoms with Crippen LogP contribution in [0.4, 0.5) is 14.5 Å². The fourth-order valence-corrected chi connectivity index (χ4v) is 2.20. The van der Waals surface area contributed by atoms with Crippen molar-refractivity contribution < 1.29 is 23.1 Å². The summed E-state index contributed by atoms with van der Waals surface area (Å²) in [5, 5.41) is 5.25. The first-order valence-electron chi connectivity index (χ1n) is 7.32. The summed E-state index contributed by atoms with van der Waals surface area (Å²) < 4.78 is 29.2. The molecule has 0 heterocycles. The van der Waals surface area contributed by atoms with Crippen LogP contribution in [-0.2, 0) is 4.79 Å². The van der Waals surface area contributed by atoms with Gasteiger partial charge >= 0.3 is 6.61 Å². The lowest BCUT2D eigenvalue weighted by atomic mass is 10.2. The molecule has 0 saturated heterocycles. The largest absolute Gasteiger partial charge is 0.435 e. The quantitative estimate of drug-likeness (QED) is 0.726. The van der Waals surface area contributed by atoms with Gasteiger partial charge in [0, 0.05) is 28.7 Å². The van der Waals surface area contributed by atoms with Crippen molar-refractivity contribution in [2.24, 2.45) is 0 Å². The summed E-state index contributed by atoms with van der Waals surface area (Å²) in [4.78, 5) is 23.7. The highest BCUT2D eigenvalue weighted by atomic mass is 79.9. The Balaban J connectivity index is 1.75. The fraction of sp³-hybridized carbons (Fsp3) is 0.176. The van der Waals surface area contributed by atoms with Crippen LogP contribution in [0.2, 0.25) is 0 Å². The van der Waals surface area contributed by atoms with Gasteiger partial charge in [0.25, 0.3) is 5.91 Å². The molecule has 132 valence electrons. The van der Waals surface area contributed by atoms with Crippen molar-refractivity contribution in [1.29, 1.82) is 0 Å². The number of carbonyl (C=O) groups excluding carboxylic acids is 2. The Morgan fingerprint density at radius 1 is 1.04 bits per heavy atom. The maximum Gasteiger partial charge on any atom is 0.387 e. The number of halogens is 3. The number of nitrogens with one attached hydrogen (secondary N) is 2. The van der Waals surface area contributed by atoms with Gasteiger partial charge in [-0.15, -0.1) is 0 Å². The molecule has 2 aromatic rings. The Hall–Kier alpha value is -2.48. The number of hydrogen-bond donors (Lipinski definition) is 2. The van der Waals surface area contributed by atoms with E-state index in [1.165, 1.54) is 24.3 Å². The first-order valence-corrected chi connectivity index (χ1v) is 8.12. The monoisotopic (exact) mass is 412 g/mol. The number of alkyl halides is 2. The molecule has 0 aromatic heterocycles. The van der Waals surface area contributed by atoms with E-state index in [0.717, 1.165) is 4.47 Å². The second kappa shape index (κ2) is 9.12. The van der Waals surface area contributed by atoms with E-state index in [-0.39, 0.29) is 30.5 Å². The Morgan fingerprint density at radius 2 is 1.68 bits per heavy atom. The van der Waals surface area contributed by atoms with Crippen LogP contribution < -0.4 is 15.4 Å². The molecule has 5 nitrogen and oxygen atoms in total. The van der Waals surface area contributed by atoms with Gasteiger partial charge in [-0.05, 0) is 48.5 Å². The predicted molar refractivity (Wildman–Crippen MR) is 92.8 cm³/mol. The van der Waals surface area contributed by atoms with E-state index in [1.54, 1.807) is 24.3 Å². The van der Waals surface area contributed by atoms with Gasteiger partial charge in [-0.1, -0.05) is 15.9 Å². The van der Waals surface area contributed by atoms with Crippen LogP contribution in [0, 0.1) is 0 Å². The molecule has 0 radical (unpaired) electrons. The summed E-state index contributed by atoms with van der Waals surface area (Å²) in [6, 6.07) is 12.4. The van der Waals surface area contributed by atoms with Crippen molar-refractivity contribution in [3.8, 4) is 5.75 Å². The van der Waals surface area contributed by atoms with Gasteiger partial charge in [0.15, 0.2) is 0 Å². The standard InChI is InChI=1S/C17H15BrF2N2O3/c18-12-3-1-11(2-4-12)16(24)21-10-9-15(23)22-13-5-7-14(8-6-13)25-17(19)20/h1-8,17H,9-10H2,(H,21,24)(H,22,23). The van der Waals surface area contributed by atoms with Crippen LogP contribution in [0.15, 0.2) is 53.0 Å². The average Bonchev–Trinajstić information content (AvgIpc) is 2.56. The van der Waals surface area contributed by atoms with Crippen LogP contribution in [0.5, 0.6) is 5.75 Å². The highest BCUT2D eigenvalue weighted by Gasteiger charge is 2.08. The molecule has 0 aliphatic rings. The van der Waals surface area contributed by atoms with Crippen molar-refractivity contribution in [2.45, 2.75) is 13.0 Å². The molecular formula is C17H15BrF2N2O3. The zero-order valence-electron chi connectivity index (χ0n) is 13.0. The number of amides is 2. The average molecular weight is 413 g/mol. The number of ether oxygens (including phenoxy) is 1. The fourth-order valence-electron chi connectivity index (χ4n) is 1.94. The lowest BCUT2D eigenvalue weighted by molar-refractivity contribution is -0.116. The van der Waals surface area contributed by atoms with E-state index in [1.807, 2.05) is 0 Å². The molecule has 8 heteroatoms. The molecule has 0 saturated carbocycles. The Morgan fingerprint density at radius 3 is 2.28 bits per heavy atom. The summed E-state index contributed by atoms with van der Waals surface area (Å²) in [7, 11) is 0. The molecule has 0 atom stereocenters. The van der Waals surface area contributed by atoms with Crippen LogP contribution >= 0.6 is 15.9 Å². The molecule has 0 unspecified atom stereocenters. The lowest BCUT2D eigenvalue weighted by Crippen LogP contribution is -2.27. The van der Waals surface area contributed by atoms with Crippen LogP contribution in [0.25, 0.3) is 0 Å². The Labute approximate surface area is 151 Å². The minimum absolute atomic E-state index is 0.00904. The van der Waals surface area contributed by atoms with E-state index >= 15 is 0 Å². The summed E-state index contributed by atoms with van der Waals surface area (Å²) in [6.45, 7) is -2.72. The molecule has 0 aliphatic heterocycles. The molecule has 2 N–H and O–H groups in total. The van der Waals surface area contributed by atoms with Crippen molar-refractivity contribution in [3.63, 3.8) is 0 Å². The zero-order chi connectivity index (χ0) is 18.2. The van der Waals surface area contributed by atoms with Gasteiger partial charge in [0.2, 0.25) is 5.91 Å². The smallest absolute Gasteiger partial charge is 0.387 e. The summed E-state index contributed by atoms with van der Waals surface area (Å²) in [5.41, 5.74) is 0.948. The third-order valence-corrected chi connectivity index (χ3v) is 3.64.